The quantitative estimate of drug-likeness (QED) is 0.144. The molecule has 4 N–H and O–H groups in total. The fraction of sp³-hybridized carbons (Fsp3) is 0.457. The lowest BCUT2D eigenvalue weighted by Gasteiger charge is -2.40. The smallest absolute Gasteiger partial charge is 0.416 e. The van der Waals surface area contributed by atoms with Gasteiger partial charge in [-0.2, -0.15) is 13.2 Å². The van der Waals surface area contributed by atoms with Crippen LogP contribution in [0.15, 0.2) is 66.7 Å². The van der Waals surface area contributed by atoms with Gasteiger partial charge < -0.3 is 25.3 Å². The van der Waals surface area contributed by atoms with Gasteiger partial charge in [0.05, 0.1) is 18.3 Å². The van der Waals surface area contributed by atoms with Gasteiger partial charge in [-0.1, -0.05) is 51.1 Å². The molecule has 0 radical (unpaired) electrons. The number of phenols is 1. The van der Waals surface area contributed by atoms with E-state index in [0.717, 1.165) is 23.3 Å². The van der Waals surface area contributed by atoms with Crippen molar-refractivity contribution >= 4 is 14.2 Å². The zero-order chi connectivity index (χ0) is 33.6. The van der Waals surface area contributed by atoms with Crippen molar-refractivity contribution in [1.29, 1.82) is 0 Å². The molecule has 10 heteroatoms. The molecule has 0 heterocycles. The van der Waals surface area contributed by atoms with Crippen molar-refractivity contribution in [1.82, 2.24) is 10.6 Å². The Bertz CT molecular complexity index is 1430. The number of amides is 1. The van der Waals surface area contributed by atoms with Gasteiger partial charge in [0, 0.05) is 29.8 Å². The van der Waals surface area contributed by atoms with Gasteiger partial charge in [-0.05, 0) is 97.9 Å². The molecule has 3 rings (SSSR count). The molecule has 0 bridgehead atoms. The summed E-state index contributed by atoms with van der Waals surface area (Å²) in [5.74, 6) is -0.200. The van der Waals surface area contributed by atoms with Gasteiger partial charge >= 0.3 is 6.18 Å². The molecule has 3 aromatic rings. The van der Waals surface area contributed by atoms with Crippen LogP contribution >= 0.6 is 0 Å². The van der Waals surface area contributed by atoms with Crippen molar-refractivity contribution in [2.24, 2.45) is 0 Å². The third-order valence-corrected chi connectivity index (χ3v) is 13.0. The summed E-state index contributed by atoms with van der Waals surface area (Å²) in [5.41, 5.74) is 2.45. The number of halogens is 3. The second kappa shape index (κ2) is 14.5. The van der Waals surface area contributed by atoms with E-state index in [2.05, 4.69) is 58.3 Å². The SMILES string of the molecule is CC(C)(Cc1cccc(C(=O)NCCc2ccc(C(F)(F)F)cc2)c1)NC[C@H](O[Si](C)(C)C(C)(C)C)c1ccc(O)c(CO)c1. The second-order valence-corrected chi connectivity index (χ2v) is 18.5. The minimum Gasteiger partial charge on any atom is -0.508 e. The predicted octanol–water partition coefficient (Wildman–Crippen LogP) is 7.55. The van der Waals surface area contributed by atoms with Crippen LogP contribution in [0.3, 0.4) is 0 Å². The molecule has 3 aromatic carbocycles. The van der Waals surface area contributed by atoms with Crippen LogP contribution in [0, 0.1) is 0 Å². The first-order chi connectivity index (χ1) is 20.8. The van der Waals surface area contributed by atoms with Crippen LogP contribution in [0.1, 0.15) is 78.9 Å². The highest BCUT2D eigenvalue weighted by molar-refractivity contribution is 6.74. The molecule has 1 atom stereocenters. The van der Waals surface area contributed by atoms with Crippen molar-refractivity contribution < 1.29 is 32.6 Å². The number of carbonyl (C=O) groups excluding carboxylic acids is 1. The van der Waals surface area contributed by atoms with Crippen LogP contribution in [0.5, 0.6) is 5.75 Å². The van der Waals surface area contributed by atoms with Crippen molar-refractivity contribution in [2.45, 2.75) is 90.0 Å². The number of aromatic hydroxyl groups is 1. The summed E-state index contributed by atoms with van der Waals surface area (Å²) >= 11 is 0. The average Bonchev–Trinajstić information content (AvgIpc) is 2.94. The van der Waals surface area contributed by atoms with E-state index in [-0.39, 0.29) is 34.9 Å². The lowest BCUT2D eigenvalue weighted by Crippen LogP contribution is -2.47. The molecule has 0 fully saturated rings. The first-order valence-corrected chi connectivity index (χ1v) is 18.1. The fourth-order valence-corrected chi connectivity index (χ4v) is 6.02. The Labute approximate surface area is 266 Å². The molecule has 0 saturated carbocycles. The van der Waals surface area contributed by atoms with E-state index in [1.54, 1.807) is 18.2 Å². The largest absolute Gasteiger partial charge is 0.508 e. The molecule has 0 aliphatic heterocycles. The normalized spacial score (nSPS) is 13.5. The van der Waals surface area contributed by atoms with E-state index in [0.29, 0.717) is 42.6 Å². The number of rotatable bonds is 13. The van der Waals surface area contributed by atoms with Crippen LogP contribution in [-0.4, -0.2) is 43.1 Å². The number of hydrogen-bond acceptors (Lipinski definition) is 5. The summed E-state index contributed by atoms with van der Waals surface area (Å²) in [4.78, 5) is 12.9. The number of alkyl halides is 3. The number of carbonyl (C=O) groups is 1. The van der Waals surface area contributed by atoms with Crippen LogP contribution in [0.25, 0.3) is 0 Å². The Hall–Kier alpha value is -3.18. The third-order valence-electron chi connectivity index (χ3n) is 8.47. The van der Waals surface area contributed by atoms with Gasteiger partial charge in [-0.15, -0.1) is 0 Å². The minimum atomic E-state index is -4.38. The summed E-state index contributed by atoms with van der Waals surface area (Å²) in [6.07, 6.45) is -3.64. The maximum absolute atomic E-state index is 12.9. The lowest BCUT2D eigenvalue weighted by molar-refractivity contribution is -0.137. The summed E-state index contributed by atoms with van der Waals surface area (Å²) in [5, 5.41) is 26.4. The summed E-state index contributed by atoms with van der Waals surface area (Å²) in [6, 6.07) is 17.6. The molecular weight excluding hydrogens is 597 g/mol. The van der Waals surface area contributed by atoms with Crippen molar-refractivity contribution in [3.8, 4) is 5.75 Å². The van der Waals surface area contributed by atoms with Gasteiger partial charge in [0.1, 0.15) is 5.75 Å². The average molecular weight is 645 g/mol. The maximum Gasteiger partial charge on any atom is 0.416 e. The monoisotopic (exact) mass is 644 g/mol. The van der Waals surface area contributed by atoms with Gasteiger partial charge in [0.25, 0.3) is 5.91 Å². The number of hydrogen-bond donors (Lipinski definition) is 4. The zero-order valence-electron chi connectivity index (χ0n) is 27.3. The van der Waals surface area contributed by atoms with E-state index < -0.39 is 20.1 Å². The van der Waals surface area contributed by atoms with E-state index in [1.165, 1.54) is 12.1 Å². The molecule has 0 aromatic heterocycles. The Kier molecular flexibility index (Phi) is 11.7. The van der Waals surface area contributed by atoms with Crippen LogP contribution < -0.4 is 10.6 Å². The molecule has 0 spiro atoms. The molecule has 1 amide bonds. The predicted molar refractivity (Wildman–Crippen MR) is 175 cm³/mol. The standard InChI is InChI=1S/C35H47F3N2O4Si/c1-33(2,3)45(6,7)44-31(26-13-16-30(42)28(20-26)23-41)22-40-34(4,5)21-25-9-8-10-27(19-25)32(43)39-18-17-24-11-14-29(15-12-24)35(36,37)38/h8-16,19-20,31,40-42H,17-18,21-23H2,1-7H3,(H,39,43)/t31-/m0/s1. The van der Waals surface area contributed by atoms with E-state index in [4.69, 9.17) is 4.43 Å². The molecule has 45 heavy (non-hydrogen) atoms. The van der Waals surface area contributed by atoms with E-state index in [9.17, 15) is 28.2 Å². The fourth-order valence-electron chi connectivity index (χ4n) is 4.74. The van der Waals surface area contributed by atoms with Crippen molar-refractivity contribution in [3.63, 3.8) is 0 Å². The van der Waals surface area contributed by atoms with Crippen LogP contribution in [-0.2, 0) is 30.1 Å². The third kappa shape index (κ3) is 10.4. The highest BCUT2D eigenvalue weighted by Gasteiger charge is 2.40. The molecule has 0 aliphatic carbocycles. The Morgan fingerprint density at radius 1 is 0.933 bits per heavy atom. The van der Waals surface area contributed by atoms with Crippen LogP contribution in [0.4, 0.5) is 13.2 Å². The topological polar surface area (TPSA) is 90.8 Å². The summed E-state index contributed by atoms with van der Waals surface area (Å²) < 4.78 is 45.2. The van der Waals surface area contributed by atoms with Crippen molar-refractivity contribution in [2.75, 3.05) is 13.1 Å². The molecule has 0 saturated heterocycles. The molecule has 0 unspecified atom stereocenters. The molecule has 6 nitrogen and oxygen atoms in total. The lowest BCUT2D eigenvalue weighted by atomic mass is 9.93. The number of benzene rings is 3. The first-order valence-electron chi connectivity index (χ1n) is 15.2. The second-order valence-electron chi connectivity index (χ2n) is 13.8. The molecule has 246 valence electrons. The highest BCUT2D eigenvalue weighted by Crippen LogP contribution is 2.40. The van der Waals surface area contributed by atoms with Gasteiger partial charge in [0.15, 0.2) is 8.32 Å². The van der Waals surface area contributed by atoms with Gasteiger partial charge in [0.2, 0.25) is 0 Å². The van der Waals surface area contributed by atoms with Crippen molar-refractivity contribution in [3.05, 3.63) is 100 Å². The van der Waals surface area contributed by atoms with E-state index in [1.807, 2.05) is 24.3 Å². The number of aliphatic hydroxyl groups excluding tert-OH is 1. The molecular formula is C35H47F3N2O4Si. The Morgan fingerprint density at radius 2 is 1.60 bits per heavy atom. The Balaban J connectivity index is 1.65. The molecule has 0 aliphatic rings. The zero-order valence-corrected chi connectivity index (χ0v) is 28.3. The number of aliphatic hydroxyl groups is 1. The minimum absolute atomic E-state index is 0.0176. The number of nitrogens with one attached hydrogen (secondary N) is 2. The van der Waals surface area contributed by atoms with Gasteiger partial charge in [-0.25, -0.2) is 0 Å². The summed E-state index contributed by atoms with van der Waals surface area (Å²) in [7, 11) is -2.18. The van der Waals surface area contributed by atoms with Crippen LogP contribution in [0.2, 0.25) is 18.1 Å². The summed E-state index contributed by atoms with van der Waals surface area (Å²) in [6.45, 7) is 15.6. The maximum atomic E-state index is 12.9. The Morgan fingerprint density at radius 3 is 2.20 bits per heavy atom. The first kappa shape index (κ1) is 36.3. The van der Waals surface area contributed by atoms with Gasteiger partial charge in [-0.3, -0.25) is 4.79 Å². The highest BCUT2D eigenvalue weighted by atomic mass is 28.4. The van der Waals surface area contributed by atoms with E-state index >= 15 is 0 Å².